The van der Waals surface area contributed by atoms with Crippen LogP contribution in [0.1, 0.15) is 62.4 Å². The second-order valence-corrected chi connectivity index (χ2v) is 9.66. The van der Waals surface area contributed by atoms with E-state index in [0.717, 1.165) is 57.4 Å². The minimum atomic E-state index is -0.175. The molecule has 2 saturated heterocycles. The lowest BCUT2D eigenvalue weighted by Gasteiger charge is -2.40. The quantitative estimate of drug-likeness (QED) is 0.745. The summed E-state index contributed by atoms with van der Waals surface area (Å²) < 4.78 is 1.82. The number of amides is 2. The summed E-state index contributed by atoms with van der Waals surface area (Å²) in [7, 11) is 1.59. The molecule has 2 fully saturated rings. The second kappa shape index (κ2) is 9.10. The lowest BCUT2D eigenvalue weighted by Crippen LogP contribution is -2.47. The molecule has 1 aromatic heterocycles. The maximum absolute atomic E-state index is 12.8. The van der Waals surface area contributed by atoms with Gasteiger partial charge in [0.25, 0.3) is 5.91 Å². The Labute approximate surface area is 188 Å². The fourth-order valence-electron chi connectivity index (χ4n) is 5.06. The molecule has 0 aliphatic carbocycles. The van der Waals surface area contributed by atoms with Gasteiger partial charge in [0, 0.05) is 44.8 Å². The average Bonchev–Trinajstić information content (AvgIpc) is 3.14. The number of benzene rings is 1. The number of H-pyrrole nitrogens is 1. The molecule has 0 radical (unpaired) electrons. The van der Waals surface area contributed by atoms with Crippen molar-refractivity contribution in [2.24, 2.45) is 5.41 Å². The van der Waals surface area contributed by atoms with Crippen LogP contribution in [-0.2, 0) is 4.79 Å². The largest absolute Gasteiger partial charge is 0.355 e. The summed E-state index contributed by atoms with van der Waals surface area (Å²) in [5.41, 5.74) is 2.26. The van der Waals surface area contributed by atoms with Crippen molar-refractivity contribution in [3.63, 3.8) is 0 Å². The van der Waals surface area contributed by atoms with Crippen LogP contribution in [0.2, 0.25) is 0 Å². The van der Waals surface area contributed by atoms with Gasteiger partial charge in [-0.3, -0.25) is 19.1 Å². The highest BCUT2D eigenvalue weighted by molar-refractivity contribution is 5.97. The number of hydrogen-bond acceptors (Lipinski definition) is 4. The van der Waals surface area contributed by atoms with Crippen LogP contribution in [-0.4, -0.2) is 70.9 Å². The van der Waals surface area contributed by atoms with E-state index >= 15 is 0 Å². The number of carbonyl (C=O) groups excluding carboxylic acids is 2. The van der Waals surface area contributed by atoms with E-state index in [0.29, 0.717) is 23.0 Å². The molecule has 0 saturated carbocycles. The van der Waals surface area contributed by atoms with Crippen molar-refractivity contribution in [1.82, 2.24) is 24.7 Å². The minimum Gasteiger partial charge on any atom is -0.355 e. The predicted molar refractivity (Wildman–Crippen MR) is 125 cm³/mol. The van der Waals surface area contributed by atoms with Gasteiger partial charge in [-0.2, -0.15) is 0 Å². The summed E-state index contributed by atoms with van der Waals surface area (Å²) in [6.07, 6.45) is 4.99. The third-order valence-electron chi connectivity index (χ3n) is 7.66. The van der Waals surface area contributed by atoms with Gasteiger partial charge in [0.15, 0.2) is 0 Å². The molecular formula is C24H35N5O3. The molecule has 2 aromatic rings. The molecule has 0 bridgehead atoms. The first-order valence-electron chi connectivity index (χ1n) is 11.8. The van der Waals surface area contributed by atoms with E-state index in [9.17, 15) is 14.4 Å². The number of nitrogens with one attached hydrogen (secondary N) is 2. The van der Waals surface area contributed by atoms with Gasteiger partial charge in [0.1, 0.15) is 0 Å². The van der Waals surface area contributed by atoms with Crippen LogP contribution < -0.4 is 11.0 Å². The van der Waals surface area contributed by atoms with Crippen molar-refractivity contribution >= 4 is 22.8 Å². The van der Waals surface area contributed by atoms with Gasteiger partial charge in [0.2, 0.25) is 5.91 Å². The zero-order chi connectivity index (χ0) is 22.9. The van der Waals surface area contributed by atoms with Gasteiger partial charge in [-0.05, 0) is 49.3 Å². The standard InChI is InChI=1S/C24H35N5O3/c1-4-24(2)9-13-28(14-10-24)21(30)16-27-11-7-18(8-12-27)29-20-6-5-17(22(31)25-3)15-19(20)26-23(29)32/h5-6,15,18H,4,7-14,16H2,1-3H3,(H,25,31)(H,26,32). The van der Waals surface area contributed by atoms with Crippen LogP contribution in [0.4, 0.5) is 0 Å². The van der Waals surface area contributed by atoms with Crippen LogP contribution in [0.5, 0.6) is 0 Å². The van der Waals surface area contributed by atoms with Gasteiger partial charge in [-0.15, -0.1) is 0 Å². The van der Waals surface area contributed by atoms with E-state index < -0.39 is 0 Å². The zero-order valence-corrected chi connectivity index (χ0v) is 19.4. The maximum Gasteiger partial charge on any atom is 0.326 e. The molecule has 8 heteroatoms. The number of rotatable bonds is 5. The molecule has 0 spiro atoms. The number of aromatic nitrogens is 2. The summed E-state index contributed by atoms with van der Waals surface area (Å²) in [5.74, 6) is 0.0547. The van der Waals surface area contributed by atoms with Gasteiger partial charge in [0.05, 0.1) is 17.6 Å². The number of piperidine rings is 2. The normalized spacial score (nSPS) is 19.9. The number of imidazole rings is 1. The van der Waals surface area contributed by atoms with Crippen molar-refractivity contribution in [2.45, 2.75) is 52.0 Å². The topological polar surface area (TPSA) is 90.4 Å². The van der Waals surface area contributed by atoms with Crippen LogP contribution in [0.25, 0.3) is 11.0 Å². The summed E-state index contributed by atoms with van der Waals surface area (Å²) in [6.45, 7) is 8.35. The molecule has 2 N–H and O–H groups in total. The summed E-state index contributed by atoms with van der Waals surface area (Å²) in [6, 6.07) is 5.41. The van der Waals surface area contributed by atoms with E-state index in [1.807, 2.05) is 15.5 Å². The first-order valence-corrected chi connectivity index (χ1v) is 11.8. The van der Waals surface area contributed by atoms with Gasteiger partial charge in [-0.25, -0.2) is 4.79 Å². The molecule has 174 valence electrons. The fraction of sp³-hybridized carbons (Fsp3) is 0.625. The summed E-state index contributed by atoms with van der Waals surface area (Å²) in [5, 5.41) is 2.61. The smallest absolute Gasteiger partial charge is 0.326 e. The Bertz CT molecular complexity index is 1040. The number of aromatic amines is 1. The first kappa shape index (κ1) is 22.6. The molecular weight excluding hydrogens is 406 g/mol. The van der Waals surface area contributed by atoms with E-state index in [1.54, 1.807) is 19.2 Å². The molecule has 8 nitrogen and oxygen atoms in total. The highest BCUT2D eigenvalue weighted by atomic mass is 16.2. The maximum atomic E-state index is 12.8. The number of carbonyl (C=O) groups is 2. The number of nitrogens with zero attached hydrogens (tertiary/aromatic N) is 3. The monoisotopic (exact) mass is 441 g/mol. The lowest BCUT2D eigenvalue weighted by atomic mass is 9.78. The van der Waals surface area contributed by atoms with E-state index in [2.05, 4.69) is 29.0 Å². The summed E-state index contributed by atoms with van der Waals surface area (Å²) >= 11 is 0. The van der Waals surface area contributed by atoms with Gasteiger partial charge >= 0.3 is 5.69 Å². The zero-order valence-electron chi connectivity index (χ0n) is 19.4. The molecule has 3 heterocycles. The molecule has 4 rings (SSSR count). The Morgan fingerprint density at radius 1 is 1.16 bits per heavy atom. The first-order chi connectivity index (χ1) is 15.3. The van der Waals surface area contributed by atoms with Gasteiger partial charge < -0.3 is 15.2 Å². The molecule has 0 atom stereocenters. The van der Waals surface area contributed by atoms with Crippen molar-refractivity contribution in [3.05, 3.63) is 34.2 Å². The van der Waals surface area contributed by atoms with Crippen molar-refractivity contribution in [1.29, 1.82) is 0 Å². The molecule has 2 aliphatic heterocycles. The van der Waals surface area contributed by atoms with Gasteiger partial charge in [-0.1, -0.05) is 20.3 Å². The Morgan fingerprint density at radius 2 is 1.84 bits per heavy atom. The van der Waals surface area contributed by atoms with Crippen LogP contribution in [0, 0.1) is 5.41 Å². The summed E-state index contributed by atoms with van der Waals surface area (Å²) in [4.78, 5) is 44.5. The highest BCUT2D eigenvalue weighted by Gasteiger charge is 2.31. The van der Waals surface area contributed by atoms with Crippen molar-refractivity contribution < 1.29 is 9.59 Å². The SMILES string of the molecule is CCC1(C)CCN(C(=O)CN2CCC(n3c(=O)[nH]c4cc(C(=O)NC)ccc43)CC2)CC1. The predicted octanol–water partition coefficient (Wildman–Crippen LogP) is 2.36. The highest BCUT2D eigenvalue weighted by Crippen LogP contribution is 2.34. The van der Waals surface area contributed by atoms with Crippen molar-refractivity contribution in [2.75, 3.05) is 39.8 Å². The van der Waals surface area contributed by atoms with E-state index in [1.165, 1.54) is 6.42 Å². The van der Waals surface area contributed by atoms with Crippen LogP contribution in [0.15, 0.2) is 23.0 Å². The van der Waals surface area contributed by atoms with E-state index in [4.69, 9.17) is 0 Å². The van der Waals surface area contributed by atoms with E-state index in [-0.39, 0.29) is 23.5 Å². The Hall–Kier alpha value is -2.61. The Kier molecular flexibility index (Phi) is 6.42. The molecule has 2 aliphatic rings. The molecule has 32 heavy (non-hydrogen) atoms. The third kappa shape index (κ3) is 4.46. The molecule has 2 amide bonds. The van der Waals surface area contributed by atoms with Crippen LogP contribution in [0.3, 0.4) is 0 Å². The molecule has 1 aromatic carbocycles. The number of likely N-dealkylation sites (tertiary alicyclic amines) is 2. The lowest BCUT2D eigenvalue weighted by molar-refractivity contribution is -0.135. The Morgan fingerprint density at radius 3 is 2.47 bits per heavy atom. The number of hydrogen-bond donors (Lipinski definition) is 2. The third-order valence-corrected chi connectivity index (χ3v) is 7.66. The molecule has 0 unspecified atom stereocenters. The fourth-order valence-corrected chi connectivity index (χ4v) is 5.06. The van der Waals surface area contributed by atoms with Crippen LogP contribution >= 0.6 is 0 Å². The minimum absolute atomic E-state index is 0.0914. The number of fused-ring (bicyclic) bond motifs is 1. The van der Waals surface area contributed by atoms with Crippen molar-refractivity contribution in [3.8, 4) is 0 Å². The second-order valence-electron chi connectivity index (χ2n) is 9.66. The Balaban J connectivity index is 1.36. The average molecular weight is 442 g/mol.